The molecule has 28 heavy (non-hydrogen) atoms. The fourth-order valence-electron chi connectivity index (χ4n) is 4.61. The van der Waals surface area contributed by atoms with Crippen LogP contribution in [0, 0.1) is 17.8 Å². The first kappa shape index (κ1) is 22.7. The van der Waals surface area contributed by atoms with Gasteiger partial charge in [-0.15, -0.1) is 0 Å². The van der Waals surface area contributed by atoms with Crippen molar-refractivity contribution in [2.24, 2.45) is 11.3 Å². The quantitative estimate of drug-likeness (QED) is 0.596. The fraction of sp³-hybridized carbons (Fsp3) is 0.667. The third-order valence-corrected chi connectivity index (χ3v) is 6.27. The molecule has 1 fully saturated rings. The molecule has 1 unspecified atom stereocenters. The van der Waals surface area contributed by atoms with Gasteiger partial charge in [0.25, 0.3) is 0 Å². The summed E-state index contributed by atoms with van der Waals surface area (Å²) >= 11 is 0. The number of hydrogen-bond donors (Lipinski definition) is 1. The van der Waals surface area contributed by atoms with Crippen LogP contribution < -0.4 is 10.1 Å². The molecule has 0 aliphatic heterocycles. The van der Waals surface area contributed by atoms with Gasteiger partial charge in [-0.2, -0.15) is 0 Å². The Morgan fingerprint density at radius 1 is 1.29 bits per heavy atom. The van der Waals surface area contributed by atoms with Crippen molar-refractivity contribution in [1.82, 2.24) is 10.2 Å². The Hall–Kier alpha value is -1.55. The highest BCUT2D eigenvalue weighted by molar-refractivity contribution is 5.70. The standard InChI is InChI=1S/C24H39N2O2/c1-6-22(19(3)17-26(4)5)20-12-11-13-21(16-20)28-23(27)25-18-24(7-2)14-9-8-10-15-24/h11-14,16,19,22H,6-10,15,17-18H2,1-5H3,(H,25,27)/t19-,22-,24?/m0/s1. The number of nitrogens with zero attached hydrogens (tertiary/aromatic N) is 1. The van der Waals surface area contributed by atoms with Crippen molar-refractivity contribution in [3.63, 3.8) is 0 Å². The molecule has 0 bridgehead atoms. The maximum absolute atomic E-state index is 12.4. The zero-order valence-corrected chi connectivity index (χ0v) is 18.5. The summed E-state index contributed by atoms with van der Waals surface area (Å²) in [5.74, 6) is 1.62. The second kappa shape index (κ2) is 10.8. The van der Waals surface area contributed by atoms with Crippen LogP contribution in [0.4, 0.5) is 4.79 Å². The van der Waals surface area contributed by atoms with Gasteiger partial charge >= 0.3 is 6.09 Å². The van der Waals surface area contributed by atoms with E-state index in [4.69, 9.17) is 4.74 Å². The van der Waals surface area contributed by atoms with Gasteiger partial charge in [0.15, 0.2) is 0 Å². The summed E-state index contributed by atoms with van der Waals surface area (Å²) in [7, 11) is 4.22. The number of nitrogens with one attached hydrogen (secondary N) is 1. The van der Waals surface area contributed by atoms with E-state index in [1.807, 2.05) is 18.2 Å². The van der Waals surface area contributed by atoms with Gasteiger partial charge in [-0.05, 0) is 81.1 Å². The highest BCUT2D eigenvalue weighted by Crippen LogP contribution is 2.37. The van der Waals surface area contributed by atoms with Crippen LogP contribution in [0.2, 0.25) is 0 Å². The first-order chi connectivity index (χ1) is 13.4. The van der Waals surface area contributed by atoms with E-state index in [1.54, 1.807) is 0 Å². The minimum Gasteiger partial charge on any atom is -0.410 e. The van der Waals surface area contributed by atoms with Crippen LogP contribution in [0.15, 0.2) is 24.3 Å². The van der Waals surface area contributed by atoms with Gasteiger partial charge in [-0.1, -0.05) is 45.7 Å². The third kappa shape index (κ3) is 6.51. The molecule has 157 valence electrons. The van der Waals surface area contributed by atoms with E-state index in [0.29, 0.717) is 24.1 Å². The number of carbonyl (C=O) groups is 1. The van der Waals surface area contributed by atoms with E-state index in [1.165, 1.54) is 18.4 Å². The first-order valence-electron chi connectivity index (χ1n) is 10.9. The van der Waals surface area contributed by atoms with Crippen LogP contribution >= 0.6 is 0 Å². The van der Waals surface area contributed by atoms with Gasteiger partial charge in [-0.3, -0.25) is 0 Å². The van der Waals surface area contributed by atoms with Crippen molar-refractivity contribution in [3.8, 4) is 5.75 Å². The van der Waals surface area contributed by atoms with Gasteiger partial charge in [0.2, 0.25) is 0 Å². The molecule has 1 saturated carbocycles. The monoisotopic (exact) mass is 387 g/mol. The predicted octanol–water partition coefficient (Wildman–Crippen LogP) is 5.64. The molecule has 4 nitrogen and oxygen atoms in total. The summed E-state index contributed by atoms with van der Waals surface area (Å²) in [5.41, 5.74) is 1.38. The maximum Gasteiger partial charge on any atom is 0.412 e. The second-order valence-corrected chi connectivity index (χ2v) is 8.74. The number of rotatable bonds is 9. The van der Waals surface area contributed by atoms with Crippen molar-refractivity contribution < 1.29 is 9.53 Å². The number of carbonyl (C=O) groups excluding carboxylic acids is 1. The van der Waals surface area contributed by atoms with Crippen molar-refractivity contribution in [3.05, 3.63) is 36.2 Å². The first-order valence-corrected chi connectivity index (χ1v) is 10.9. The average molecular weight is 388 g/mol. The minimum absolute atomic E-state index is 0.133. The van der Waals surface area contributed by atoms with Gasteiger partial charge in [0.05, 0.1) is 0 Å². The molecule has 1 aromatic rings. The van der Waals surface area contributed by atoms with Crippen LogP contribution in [-0.4, -0.2) is 38.2 Å². The van der Waals surface area contributed by atoms with Crippen LogP contribution in [0.5, 0.6) is 5.75 Å². The lowest BCUT2D eigenvalue weighted by molar-refractivity contribution is 0.186. The molecular weight excluding hydrogens is 348 g/mol. The van der Waals surface area contributed by atoms with Crippen molar-refractivity contribution in [2.75, 3.05) is 27.2 Å². The smallest absolute Gasteiger partial charge is 0.410 e. The molecule has 2 rings (SSSR count). The van der Waals surface area contributed by atoms with Gasteiger partial charge < -0.3 is 15.0 Å². The zero-order valence-electron chi connectivity index (χ0n) is 18.5. The minimum atomic E-state index is -0.349. The van der Waals surface area contributed by atoms with E-state index >= 15 is 0 Å². The van der Waals surface area contributed by atoms with Crippen LogP contribution in [0.25, 0.3) is 0 Å². The normalized spacial score (nSPS) is 18.5. The highest BCUT2D eigenvalue weighted by Gasteiger charge is 2.31. The average Bonchev–Trinajstić information content (AvgIpc) is 2.67. The molecule has 1 aromatic carbocycles. The highest BCUT2D eigenvalue weighted by atomic mass is 16.6. The number of amides is 1. The topological polar surface area (TPSA) is 41.6 Å². The number of hydrogen-bond acceptors (Lipinski definition) is 3. The summed E-state index contributed by atoms with van der Waals surface area (Å²) in [5, 5.41) is 3.01. The molecule has 1 aliphatic carbocycles. The molecule has 1 N–H and O–H groups in total. The largest absolute Gasteiger partial charge is 0.412 e. The zero-order chi connectivity index (χ0) is 20.6. The SMILES string of the molecule is CC[C@H](c1cccc(OC(=O)NCC2(CC)[CH]CCCC2)c1)[C@@H](C)CN(C)C. The van der Waals surface area contributed by atoms with Crippen LogP contribution in [0.1, 0.15) is 70.8 Å². The third-order valence-electron chi connectivity index (χ3n) is 6.27. The van der Waals surface area contributed by atoms with Gasteiger partial charge in [0, 0.05) is 13.1 Å². The Morgan fingerprint density at radius 3 is 2.68 bits per heavy atom. The van der Waals surface area contributed by atoms with E-state index in [9.17, 15) is 4.79 Å². The Labute approximate surface area is 172 Å². The molecule has 1 aliphatic rings. The number of benzene rings is 1. The Bertz CT molecular complexity index is 608. The molecule has 1 radical (unpaired) electrons. The second-order valence-electron chi connectivity index (χ2n) is 8.74. The molecule has 1 amide bonds. The predicted molar refractivity (Wildman–Crippen MR) is 117 cm³/mol. The fourth-order valence-corrected chi connectivity index (χ4v) is 4.61. The van der Waals surface area contributed by atoms with E-state index in [-0.39, 0.29) is 11.5 Å². The summed E-state index contributed by atoms with van der Waals surface area (Å²) in [6.45, 7) is 8.43. The molecule has 0 heterocycles. The summed E-state index contributed by atoms with van der Waals surface area (Å²) in [6, 6.07) is 8.04. The molecule has 4 heteroatoms. The van der Waals surface area contributed by atoms with Crippen molar-refractivity contribution in [2.45, 2.75) is 65.2 Å². The lowest BCUT2D eigenvalue weighted by Gasteiger charge is -2.36. The van der Waals surface area contributed by atoms with Crippen molar-refractivity contribution in [1.29, 1.82) is 0 Å². The molecule has 0 saturated heterocycles. The van der Waals surface area contributed by atoms with Gasteiger partial charge in [0.1, 0.15) is 5.75 Å². The molecule has 0 spiro atoms. The molecular formula is C24H39N2O2. The lowest BCUT2D eigenvalue weighted by atomic mass is 9.72. The Kier molecular flexibility index (Phi) is 8.81. The summed E-state index contributed by atoms with van der Waals surface area (Å²) < 4.78 is 5.62. The molecule has 0 aromatic heterocycles. The summed E-state index contributed by atoms with van der Waals surface area (Å²) in [6.07, 6.45) is 8.99. The van der Waals surface area contributed by atoms with E-state index in [2.05, 4.69) is 57.6 Å². The van der Waals surface area contributed by atoms with Crippen LogP contribution in [-0.2, 0) is 0 Å². The Morgan fingerprint density at radius 2 is 2.07 bits per heavy atom. The lowest BCUT2D eigenvalue weighted by Crippen LogP contribution is -2.40. The van der Waals surface area contributed by atoms with E-state index < -0.39 is 0 Å². The van der Waals surface area contributed by atoms with E-state index in [0.717, 1.165) is 32.2 Å². The molecule has 3 atom stereocenters. The Balaban J connectivity index is 1.96. The van der Waals surface area contributed by atoms with Crippen LogP contribution in [0.3, 0.4) is 0 Å². The van der Waals surface area contributed by atoms with Gasteiger partial charge in [-0.25, -0.2) is 4.79 Å². The maximum atomic E-state index is 12.4. The van der Waals surface area contributed by atoms with Crippen molar-refractivity contribution >= 4 is 6.09 Å². The summed E-state index contributed by atoms with van der Waals surface area (Å²) in [4.78, 5) is 14.6. The number of ether oxygens (including phenoxy) is 1.